The second kappa shape index (κ2) is 4.37. The molecule has 1 aromatic carbocycles. The Balaban J connectivity index is 2.00. The zero-order chi connectivity index (χ0) is 16.5. The fourth-order valence-corrected chi connectivity index (χ4v) is 4.65. The molecule has 0 unspecified atom stereocenters. The van der Waals surface area contributed by atoms with Gasteiger partial charge in [-0.05, 0) is 17.7 Å². The summed E-state index contributed by atoms with van der Waals surface area (Å²) in [6, 6.07) is 9.44. The Morgan fingerprint density at radius 1 is 1.17 bits per heavy atom. The van der Waals surface area contributed by atoms with E-state index in [1.54, 1.807) is 18.2 Å². The van der Waals surface area contributed by atoms with Crippen LogP contribution in [0.4, 0.5) is 0 Å². The molecule has 2 heterocycles. The Morgan fingerprint density at radius 2 is 1.78 bits per heavy atom. The molecule has 2 aliphatic heterocycles. The maximum absolute atomic E-state index is 9.96. The Labute approximate surface area is 142 Å². The number of rotatable bonds is 1. The number of ether oxygens (including phenoxy) is 2. The number of nitrogens with one attached hydrogen (secondary N) is 1. The second-order valence-corrected chi connectivity index (χ2v) is 6.57. The lowest BCUT2D eigenvalue weighted by Gasteiger charge is -2.23. The van der Waals surface area contributed by atoms with Crippen LogP contribution in [0.1, 0.15) is 11.5 Å². The molecule has 0 bridgehead atoms. The van der Waals surface area contributed by atoms with E-state index in [1.807, 2.05) is 0 Å². The monoisotopic (exact) mass is 349 g/mol. The predicted octanol–water partition coefficient (Wildman–Crippen LogP) is 0.263. The van der Waals surface area contributed by atoms with Crippen LogP contribution in [0.3, 0.4) is 0 Å². The molecule has 2 fully saturated rings. The van der Waals surface area contributed by atoms with E-state index in [2.05, 4.69) is 17.1 Å². The van der Waals surface area contributed by atoms with E-state index in [0.29, 0.717) is 28.8 Å². The van der Waals surface area contributed by atoms with E-state index < -0.39 is 22.7 Å². The molecule has 1 saturated heterocycles. The summed E-state index contributed by atoms with van der Waals surface area (Å²) in [5.74, 6) is -1.94. The number of hydrogen-bond acceptors (Lipinski definition) is 5. The topological polar surface area (TPSA) is 106 Å². The van der Waals surface area contributed by atoms with Crippen LogP contribution in [0.5, 0.6) is 0 Å². The molecule has 0 amide bonds. The Morgan fingerprint density at radius 3 is 2.30 bits per heavy atom. The fourth-order valence-electron chi connectivity index (χ4n) is 4.04. The quantitative estimate of drug-likeness (QED) is 0.756. The summed E-state index contributed by atoms with van der Waals surface area (Å²) >= 11 is 12.6. The van der Waals surface area contributed by atoms with E-state index in [4.69, 9.17) is 38.4 Å². The Kier molecular flexibility index (Phi) is 2.80. The van der Waals surface area contributed by atoms with Crippen LogP contribution in [-0.2, 0) is 9.47 Å². The van der Waals surface area contributed by atoms with E-state index in [1.165, 1.54) is 0 Å². The minimum atomic E-state index is -1.45. The molecule has 6 nitrogen and oxygen atoms in total. The summed E-state index contributed by atoms with van der Waals surface area (Å²) in [4.78, 5) is 2.87. The first-order chi connectivity index (χ1) is 11.0. The van der Waals surface area contributed by atoms with Crippen molar-refractivity contribution in [3.63, 3.8) is 0 Å². The smallest absolute Gasteiger partial charge is 0.311 e. The first kappa shape index (κ1) is 14.7. The normalized spacial score (nSPS) is 36.2. The van der Waals surface area contributed by atoms with Gasteiger partial charge < -0.3 is 9.47 Å². The molecule has 0 aromatic heterocycles. The maximum atomic E-state index is 9.96. The van der Waals surface area contributed by atoms with Gasteiger partial charge in [-0.25, -0.2) is 4.99 Å². The number of nitrogens with two attached hydrogens (primary N) is 1. The molecule has 0 radical (unpaired) electrons. The summed E-state index contributed by atoms with van der Waals surface area (Å²) in [6.07, 6.45) is 0. The van der Waals surface area contributed by atoms with Gasteiger partial charge in [-0.1, -0.05) is 29.3 Å². The number of halogens is 2. The van der Waals surface area contributed by atoms with Crippen LogP contribution in [0.15, 0.2) is 18.2 Å². The molecular formula is C15H11Cl2N4O2+. The van der Waals surface area contributed by atoms with E-state index in [9.17, 15) is 10.5 Å². The number of amidine groups is 1. The maximum Gasteiger partial charge on any atom is 0.343 e. The molecule has 4 rings (SSSR count). The van der Waals surface area contributed by atoms with Crippen LogP contribution in [0.25, 0.3) is 0 Å². The Hall–Kier alpha value is -1.83. The molecule has 8 heteroatoms. The highest BCUT2D eigenvalue weighted by molar-refractivity contribution is 6.36. The van der Waals surface area contributed by atoms with Gasteiger partial charge in [0.05, 0.1) is 31.3 Å². The third-order valence-electron chi connectivity index (χ3n) is 4.98. The van der Waals surface area contributed by atoms with Crippen molar-refractivity contribution in [2.24, 2.45) is 16.6 Å². The fraction of sp³-hybridized carbons (Fsp3) is 0.400. The zero-order valence-corrected chi connectivity index (χ0v) is 13.3. The van der Waals surface area contributed by atoms with E-state index >= 15 is 0 Å². The van der Waals surface area contributed by atoms with Crippen LogP contribution in [-0.4, -0.2) is 25.0 Å². The van der Waals surface area contributed by atoms with Crippen molar-refractivity contribution in [3.05, 3.63) is 33.8 Å². The van der Waals surface area contributed by atoms with E-state index in [-0.39, 0.29) is 5.84 Å². The summed E-state index contributed by atoms with van der Waals surface area (Å²) in [5.41, 5.74) is 3.96. The predicted molar refractivity (Wildman–Crippen MR) is 80.1 cm³/mol. The second-order valence-electron chi connectivity index (χ2n) is 5.76. The number of benzene rings is 1. The molecule has 1 aliphatic carbocycles. The van der Waals surface area contributed by atoms with Crippen molar-refractivity contribution >= 4 is 29.0 Å². The molecule has 116 valence electrons. The average molecular weight is 350 g/mol. The van der Waals surface area contributed by atoms with Crippen LogP contribution < -0.4 is 10.7 Å². The third kappa shape index (κ3) is 1.35. The zero-order valence-electron chi connectivity index (χ0n) is 11.8. The van der Waals surface area contributed by atoms with Crippen molar-refractivity contribution in [2.45, 2.75) is 11.8 Å². The van der Waals surface area contributed by atoms with Gasteiger partial charge in [0.2, 0.25) is 0 Å². The lowest BCUT2D eigenvalue weighted by Crippen LogP contribution is -2.89. The highest BCUT2D eigenvalue weighted by Gasteiger charge is 2.98. The summed E-state index contributed by atoms with van der Waals surface area (Å²) < 4.78 is 11.4. The van der Waals surface area contributed by atoms with Gasteiger partial charge in [-0.3, -0.25) is 5.73 Å². The lowest BCUT2D eigenvalue weighted by atomic mass is 9.94. The van der Waals surface area contributed by atoms with Gasteiger partial charge >= 0.3 is 5.91 Å². The molecular weight excluding hydrogens is 339 g/mol. The molecule has 3 aliphatic rings. The summed E-state index contributed by atoms with van der Waals surface area (Å²) in [6.45, 7) is 0.600. The highest BCUT2D eigenvalue weighted by Crippen LogP contribution is 2.80. The summed E-state index contributed by atoms with van der Waals surface area (Å²) in [5, 5.41) is 20.6. The molecule has 3 atom stereocenters. The van der Waals surface area contributed by atoms with Crippen LogP contribution in [0, 0.1) is 33.5 Å². The molecule has 23 heavy (non-hydrogen) atoms. The standard InChI is InChI=1S/C15H10Cl2N4O2/c16-8-2-1-3-9(17)10(8)11-13(6-18)12(20)21-15(14(11,13)7-19)22-4-5-23-15/h1-3,11H,4-5H2,(H2,20,21)/p+1/t11-,13+,14+/m0/s1. The molecule has 1 saturated carbocycles. The molecule has 1 aromatic rings. The van der Waals surface area contributed by atoms with Crippen LogP contribution >= 0.6 is 23.2 Å². The minimum Gasteiger partial charge on any atom is -0.311 e. The SMILES string of the molecule is N#C[C@@]12C(N)=[NH+]C3(OCCO3)[C@]1(C#N)[C@H]2c1c(Cl)cccc1Cl. The van der Waals surface area contributed by atoms with Gasteiger partial charge in [0.1, 0.15) is 0 Å². The number of hydrogen-bond donors (Lipinski definition) is 2. The number of nitriles is 2. The van der Waals surface area contributed by atoms with Crippen molar-refractivity contribution in [1.82, 2.24) is 0 Å². The largest absolute Gasteiger partial charge is 0.343 e. The number of fused-ring (bicyclic) bond motifs is 2. The lowest BCUT2D eigenvalue weighted by molar-refractivity contribution is -0.676. The highest BCUT2D eigenvalue weighted by atomic mass is 35.5. The van der Waals surface area contributed by atoms with Crippen molar-refractivity contribution in [3.8, 4) is 12.1 Å². The molecule has 1 spiro atoms. The van der Waals surface area contributed by atoms with Gasteiger partial charge in [0.15, 0.2) is 10.8 Å². The van der Waals surface area contributed by atoms with Crippen molar-refractivity contribution in [2.75, 3.05) is 13.2 Å². The average Bonchev–Trinajstić information content (AvgIpc) is 2.77. The Bertz CT molecular complexity index is 817. The molecule has 3 N–H and O–H groups in total. The van der Waals surface area contributed by atoms with Gasteiger partial charge in [0.25, 0.3) is 5.84 Å². The van der Waals surface area contributed by atoms with Crippen molar-refractivity contribution < 1.29 is 14.5 Å². The van der Waals surface area contributed by atoms with Crippen LogP contribution in [0.2, 0.25) is 10.0 Å². The minimum absolute atomic E-state index is 0.143. The van der Waals surface area contributed by atoms with Gasteiger partial charge in [-0.15, -0.1) is 0 Å². The summed E-state index contributed by atoms with van der Waals surface area (Å²) in [7, 11) is 0. The van der Waals surface area contributed by atoms with Gasteiger partial charge in [0, 0.05) is 10.0 Å². The number of nitrogens with zero attached hydrogens (tertiary/aromatic N) is 2. The first-order valence-electron chi connectivity index (χ1n) is 6.96. The third-order valence-corrected chi connectivity index (χ3v) is 5.64. The first-order valence-corrected chi connectivity index (χ1v) is 7.72. The van der Waals surface area contributed by atoms with Gasteiger partial charge in [-0.2, -0.15) is 10.5 Å². The van der Waals surface area contributed by atoms with Crippen molar-refractivity contribution in [1.29, 1.82) is 10.5 Å². The van der Waals surface area contributed by atoms with E-state index in [0.717, 1.165) is 0 Å².